The molecule has 4 aliphatic rings. The summed E-state index contributed by atoms with van der Waals surface area (Å²) in [6.45, 7) is 10.0. The van der Waals surface area contributed by atoms with Gasteiger partial charge in [-0.1, -0.05) is 18.2 Å². The summed E-state index contributed by atoms with van der Waals surface area (Å²) in [7, 11) is -0.257. The number of anilines is 2. The molecule has 0 amide bonds. The molecule has 32 heavy (non-hydrogen) atoms. The maximum atomic E-state index is 6.46. The molecule has 4 aliphatic heterocycles. The summed E-state index contributed by atoms with van der Waals surface area (Å²) < 4.78 is 5.53. The van der Waals surface area contributed by atoms with Crippen LogP contribution in [-0.4, -0.2) is 60.5 Å². The molecule has 1 unspecified atom stereocenters. The van der Waals surface area contributed by atoms with E-state index in [9.17, 15) is 0 Å². The predicted molar refractivity (Wildman–Crippen MR) is 132 cm³/mol. The van der Waals surface area contributed by atoms with E-state index in [1.807, 2.05) is 0 Å². The minimum atomic E-state index is -0.257. The van der Waals surface area contributed by atoms with Crippen molar-refractivity contribution in [3.05, 3.63) is 35.5 Å². The van der Waals surface area contributed by atoms with E-state index in [-0.39, 0.29) is 10.3 Å². The number of piperidine rings is 1. The van der Waals surface area contributed by atoms with Crippen LogP contribution in [-0.2, 0) is 17.6 Å². The Kier molecular flexibility index (Phi) is 5.59. The zero-order valence-corrected chi connectivity index (χ0v) is 19.2. The second-order valence-electron chi connectivity index (χ2n) is 9.23. The van der Waals surface area contributed by atoms with Crippen molar-refractivity contribution in [3.63, 3.8) is 0 Å². The minimum absolute atomic E-state index is 0.257. The number of rotatable bonds is 4. The van der Waals surface area contributed by atoms with Crippen LogP contribution in [0.3, 0.4) is 0 Å². The average molecular weight is 446 g/mol. The van der Waals surface area contributed by atoms with Crippen molar-refractivity contribution < 1.29 is 4.74 Å². The Morgan fingerprint density at radius 3 is 2.69 bits per heavy atom. The molecule has 1 atom stereocenters. The van der Waals surface area contributed by atoms with Crippen LogP contribution in [0.25, 0.3) is 0 Å². The zero-order valence-electron chi connectivity index (χ0n) is 18.4. The SMILES string of the molecule is [B]=S1CCc2nc(N3CCC(C4=Nc5ccccc5C4)CC3)nc(NC3CCOCC3)c21. The Labute approximate surface area is 193 Å². The number of benzene rings is 1. The Bertz CT molecular complexity index is 1080. The maximum absolute atomic E-state index is 6.46. The summed E-state index contributed by atoms with van der Waals surface area (Å²) in [5, 5.41) is 3.70. The van der Waals surface area contributed by atoms with Crippen molar-refractivity contribution in [2.45, 2.75) is 49.5 Å². The number of hydrogen-bond acceptors (Lipinski definition) is 6. The quantitative estimate of drug-likeness (QED) is 0.723. The van der Waals surface area contributed by atoms with E-state index in [0.29, 0.717) is 12.0 Å². The number of nitrogens with zero attached hydrogens (tertiary/aromatic N) is 4. The molecule has 0 aliphatic carbocycles. The van der Waals surface area contributed by atoms with Gasteiger partial charge >= 0.3 is 169 Å². The molecule has 2 fully saturated rings. The number of hydrogen-bond donors (Lipinski definition) is 1. The predicted octanol–water partition coefficient (Wildman–Crippen LogP) is 3.88. The van der Waals surface area contributed by atoms with Crippen LogP contribution in [0.4, 0.5) is 17.5 Å². The second kappa shape index (κ2) is 8.71. The van der Waals surface area contributed by atoms with E-state index < -0.39 is 0 Å². The van der Waals surface area contributed by atoms with Crippen molar-refractivity contribution >= 4 is 40.2 Å². The Morgan fingerprint density at radius 1 is 1.06 bits per heavy atom. The van der Waals surface area contributed by atoms with E-state index in [0.717, 1.165) is 98.6 Å². The first-order valence-electron chi connectivity index (χ1n) is 11.9. The number of aryl methyl sites for hydroxylation is 1. The fraction of sp³-hybridized carbons (Fsp3) is 0.542. The monoisotopic (exact) mass is 446 g/mol. The van der Waals surface area contributed by atoms with E-state index in [2.05, 4.69) is 34.5 Å². The number of nitrogens with one attached hydrogen (secondary N) is 1. The van der Waals surface area contributed by atoms with Crippen LogP contribution in [0.15, 0.2) is 34.2 Å². The van der Waals surface area contributed by atoms with Gasteiger partial charge in [-0.2, -0.15) is 0 Å². The molecule has 8 heteroatoms. The third-order valence-corrected chi connectivity index (χ3v) is 8.78. The molecule has 1 N–H and O–H groups in total. The number of aromatic nitrogens is 2. The van der Waals surface area contributed by atoms with Crippen LogP contribution in [0.2, 0.25) is 0 Å². The Morgan fingerprint density at radius 2 is 1.88 bits per heavy atom. The molecular weight excluding hydrogens is 417 g/mol. The molecule has 6 rings (SSSR count). The number of ether oxygens (including phenoxy) is 1. The van der Waals surface area contributed by atoms with Crippen molar-refractivity contribution in [2.24, 2.45) is 10.9 Å². The third kappa shape index (κ3) is 3.92. The molecule has 1 aromatic heterocycles. The standard InChI is InChI=1S/C24H29BN5OS/c25-32-14-9-20-22(32)23(26-18-7-12-31-13-8-18)29-24(28-20)30-10-5-16(6-11-30)21-15-17-3-1-2-4-19(17)27-21/h1-4,16,18H,5-15H2,(H,26,28,29). The first-order valence-corrected chi connectivity index (χ1v) is 13.3. The Hall–Kier alpha value is -2.06. The van der Waals surface area contributed by atoms with Crippen LogP contribution in [0.1, 0.15) is 36.9 Å². The summed E-state index contributed by atoms with van der Waals surface area (Å²) in [6.07, 6.45) is 6.21. The van der Waals surface area contributed by atoms with Crippen molar-refractivity contribution in [2.75, 3.05) is 42.3 Å². The molecule has 2 saturated heterocycles. The van der Waals surface area contributed by atoms with Crippen molar-refractivity contribution in [3.8, 4) is 0 Å². The molecule has 0 spiro atoms. The number of fused-ring (bicyclic) bond motifs is 2. The molecule has 5 heterocycles. The topological polar surface area (TPSA) is 62.6 Å². The molecule has 165 valence electrons. The summed E-state index contributed by atoms with van der Waals surface area (Å²) in [5.74, 6) is 3.38. The molecule has 6 nitrogen and oxygen atoms in total. The molecule has 0 saturated carbocycles. The van der Waals surface area contributed by atoms with Gasteiger partial charge < -0.3 is 0 Å². The van der Waals surface area contributed by atoms with Gasteiger partial charge in [0.15, 0.2) is 0 Å². The molecule has 0 bridgehead atoms. The summed E-state index contributed by atoms with van der Waals surface area (Å²) in [4.78, 5) is 18.5. The molecular formula is C24H29BN5OS. The fourth-order valence-electron chi connectivity index (χ4n) is 5.32. The summed E-state index contributed by atoms with van der Waals surface area (Å²) >= 11 is 0. The second-order valence-corrected chi connectivity index (χ2v) is 10.9. The number of aliphatic imine (C=N–C) groups is 1. The molecule has 2 aromatic rings. The van der Waals surface area contributed by atoms with Crippen LogP contribution in [0, 0.1) is 5.92 Å². The van der Waals surface area contributed by atoms with Gasteiger partial charge in [0.2, 0.25) is 0 Å². The van der Waals surface area contributed by atoms with Crippen LogP contribution >= 0.6 is 10.3 Å². The van der Waals surface area contributed by atoms with Gasteiger partial charge in [0.05, 0.1) is 0 Å². The van der Waals surface area contributed by atoms with Gasteiger partial charge in [0.25, 0.3) is 0 Å². The summed E-state index contributed by atoms with van der Waals surface area (Å²) in [5.41, 5.74) is 5.03. The van der Waals surface area contributed by atoms with Gasteiger partial charge in [-0.05, 0) is 6.07 Å². The first kappa shape index (κ1) is 20.5. The van der Waals surface area contributed by atoms with E-state index in [1.165, 1.54) is 11.3 Å². The average Bonchev–Trinajstić information content (AvgIpc) is 3.44. The van der Waals surface area contributed by atoms with Gasteiger partial charge in [0, 0.05) is 0 Å². The van der Waals surface area contributed by atoms with Crippen molar-refractivity contribution in [1.82, 2.24) is 9.97 Å². The van der Waals surface area contributed by atoms with Crippen LogP contribution < -0.4 is 10.2 Å². The normalized spacial score (nSPS) is 23.7. The van der Waals surface area contributed by atoms with Crippen molar-refractivity contribution in [1.29, 1.82) is 0 Å². The fourth-order valence-corrected chi connectivity index (χ4v) is 6.74. The number of para-hydroxylation sites is 1. The molecule has 1 radical (unpaired) electrons. The van der Waals surface area contributed by atoms with E-state index >= 15 is 0 Å². The first-order chi connectivity index (χ1) is 15.7. The molecule has 1 aromatic carbocycles. The Balaban J connectivity index is 1.18. The van der Waals surface area contributed by atoms with Gasteiger partial charge in [0.1, 0.15) is 0 Å². The van der Waals surface area contributed by atoms with E-state index in [1.54, 1.807) is 0 Å². The van der Waals surface area contributed by atoms with E-state index in [4.69, 9.17) is 26.4 Å². The zero-order chi connectivity index (χ0) is 21.5. The third-order valence-electron chi connectivity index (χ3n) is 7.18. The van der Waals surface area contributed by atoms with Crippen LogP contribution in [0.5, 0.6) is 0 Å². The summed E-state index contributed by atoms with van der Waals surface area (Å²) in [6, 6.07) is 8.94. The van der Waals surface area contributed by atoms with Gasteiger partial charge in [-0.3, -0.25) is 0 Å². The van der Waals surface area contributed by atoms with Gasteiger partial charge in [-0.15, -0.1) is 0 Å². The van der Waals surface area contributed by atoms with Gasteiger partial charge in [-0.25, -0.2) is 0 Å².